The van der Waals surface area contributed by atoms with Crippen molar-refractivity contribution in [3.63, 3.8) is 0 Å². The molecule has 90 valence electrons. The third kappa shape index (κ3) is 2.20. The SMILES string of the molecule is O=C(O)c1ccc([N+](=O)[O-])c(N2CCCC2)c1. The first-order chi connectivity index (χ1) is 8.09. The molecule has 6 heteroatoms. The summed E-state index contributed by atoms with van der Waals surface area (Å²) in [6.07, 6.45) is 1.96. The number of carboxylic acids is 1. The van der Waals surface area contributed by atoms with Crippen molar-refractivity contribution in [1.82, 2.24) is 0 Å². The Bertz CT molecular complexity index is 467. The molecular formula is C11H12N2O4. The van der Waals surface area contributed by atoms with Gasteiger partial charge in [-0.1, -0.05) is 0 Å². The van der Waals surface area contributed by atoms with Crippen LogP contribution in [0.15, 0.2) is 18.2 Å². The van der Waals surface area contributed by atoms with Crippen LogP contribution in [0.5, 0.6) is 0 Å². The van der Waals surface area contributed by atoms with E-state index >= 15 is 0 Å². The van der Waals surface area contributed by atoms with Crippen LogP contribution < -0.4 is 4.90 Å². The molecule has 2 rings (SSSR count). The highest BCUT2D eigenvalue weighted by Gasteiger charge is 2.23. The van der Waals surface area contributed by atoms with Gasteiger partial charge in [-0.2, -0.15) is 0 Å². The van der Waals surface area contributed by atoms with Gasteiger partial charge in [0.1, 0.15) is 5.69 Å². The lowest BCUT2D eigenvalue weighted by molar-refractivity contribution is -0.384. The van der Waals surface area contributed by atoms with Gasteiger partial charge < -0.3 is 10.0 Å². The summed E-state index contributed by atoms with van der Waals surface area (Å²) in [5, 5.41) is 19.8. The second kappa shape index (κ2) is 4.40. The van der Waals surface area contributed by atoms with Gasteiger partial charge in [-0.15, -0.1) is 0 Å². The molecule has 0 radical (unpaired) electrons. The number of aromatic carboxylic acids is 1. The van der Waals surface area contributed by atoms with E-state index in [4.69, 9.17) is 5.11 Å². The zero-order chi connectivity index (χ0) is 12.4. The molecular weight excluding hydrogens is 224 g/mol. The summed E-state index contributed by atoms with van der Waals surface area (Å²) in [5.41, 5.74) is 0.460. The van der Waals surface area contributed by atoms with Gasteiger partial charge in [0.05, 0.1) is 10.5 Å². The zero-order valence-electron chi connectivity index (χ0n) is 9.13. The molecule has 1 N–H and O–H groups in total. The Balaban J connectivity index is 2.46. The minimum atomic E-state index is -1.07. The molecule has 1 aromatic rings. The summed E-state index contributed by atoms with van der Waals surface area (Å²) < 4.78 is 0. The Hall–Kier alpha value is -2.11. The second-order valence-corrected chi connectivity index (χ2v) is 3.96. The average Bonchev–Trinajstić information content (AvgIpc) is 2.81. The molecule has 6 nitrogen and oxygen atoms in total. The molecule has 0 unspecified atom stereocenters. The van der Waals surface area contributed by atoms with E-state index in [1.165, 1.54) is 18.2 Å². The van der Waals surface area contributed by atoms with E-state index in [2.05, 4.69) is 0 Å². The first-order valence-corrected chi connectivity index (χ1v) is 5.36. The molecule has 0 bridgehead atoms. The van der Waals surface area contributed by atoms with Crippen molar-refractivity contribution in [2.45, 2.75) is 12.8 Å². The van der Waals surface area contributed by atoms with Gasteiger partial charge in [0.15, 0.2) is 0 Å². The molecule has 0 amide bonds. The van der Waals surface area contributed by atoms with Crippen molar-refractivity contribution in [3.05, 3.63) is 33.9 Å². The van der Waals surface area contributed by atoms with E-state index in [-0.39, 0.29) is 11.3 Å². The highest BCUT2D eigenvalue weighted by atomic mass is 16.6. The summed E-state index contributed by atoms with van der Waals surface area (Å²) in [6.45, 7) is 1.48. The Morgan fingerprint density at radius 1 is 1.35 bits per heavy atom. The van der Waals surface area contributed by atoms with Gasteiger partial charge in [-0.25, -0.2) is 4.79 Å². The number of nitro groups is 1. The van der Waals surface area contributed by atoms with E-state index in [1.54, 1.807) is 0 Å². The van der Waals surface area contributed by atoms with Gasteiger partial charge in [0.25, 0.3) is 5.69 Å². The monoisotopic (exact) mass is 236 g/mol. The lowest BCUT2D eigenvalue weighted by Gasteiger charge is -2.17. The fourth-order valence-electron chi connectivity index (χ4n) is 2.02. The molecule has 1 saturated heterocycles. The highest BCUT2D eigenvalue weighted by molar-refractivity contribution is 5.90. The minimum absolute atomic E-state index is 0.0306. The molecule has 0 aliphatic carbocycles. The number of carbonyl (C=O) groups is 1. The number of anilines is 1. The molecule has 1 fully saturated rings. The minimum Gasteiger partial charge on any atom is -0.478 e. The molecule has 0 saturated carbocycles. The van der Waals surface area contributed by atoms with E-state index in [1.807, 2.05) is 4.90 Å². The van der Waals surface area contributed by atoms with Gasteiger partial charge in [-0.3, -0.25) is 10.1 Å². The molecule has 1 heterocycles. The maximum atomic E-state index is 10.9. The number of rotatable bonds is 3. The van der Waals surface area contributed by atoms with E-state index < -0.39 is 10.9 Å². The fraction of sp³-hybridized carbons (Fsp3) is 0.364. The number of nitro benzene ring substituents is 1. The van der Waals surface area contributed by atoms with Crippen LogP contribution in [0.1, 0.15) is 23.2 Å². The maximum Gasteiger partial charge on any atom is 0.335 e. The number of nitrogens with zero attached hydrogens (tertiary/aromatic N) is 2. The first kappa shape index (κ1) is 11.4. The molecule has 1 aliphatic heterocycles. The molecule has 17 heavy (non-hydrogen) atoms. The Morgan fingerprint density at radius 2 is 2.00 bits per heavy atom. The van der Waals surface area contributed by atoms with Crippen LogP contribution in [-0.2, 0) is 0 Å². The topological polar surface area (TPSA) is 83.7 Å². The molecule has 0 spiro atoms. The van der Waals surface area contributed by atoms with Crippen LogP contribution in [0, 0.1) is 10.1 Å². The van der Waals surface area contributed by atoms with Crippen LogP contribution in [0.2, 0.25) is 0 Å². The van der Waals surface area contributed by atoms with Crippen molar-refractivity contribution in [3.8, 4) is 0 Å². The summed E-state index contributed by atoms with van der Waals surface area (Å²) in [6, 6.07) is 3.91. The summed E-state index contributed by atoms with van der Waals surface area (Å²) in [4.78, 5) is 23.1. The Morgan fingerprint density at radius 3 is 2.53 bits per heavy atom. The smallest absolute Gasteiger partial charge is 0.335 e. The van der Waals surface area contributed by atoms with Crippen LogP contribution in [0.4, 0.5) is 11.4 Å². The molecule has 0 aromatic heterocycles. The van der Waals surface area contributed by atoms with E-state index in [0.29, 0.717) is 5.69 Å². The summed E-state index contributed by atoms with van der Waals surface area (Å²) >= 11 is 0. The van der Waals surface area contributed by atoms with Crippen molar-refractivity contribution in [2.24, 2.45) is 0 Å². The van der Waals surface area contributed by atoms with Crippen LogP contribution >= 0.6 is 0 Å². The quantitative estimate of drug-likeness (QED) is 0.640. The van der Waals surface area contributed by atoms with Crippen LogP contribution in [0.3, 0.4) is 0 Å². The zero-order valence-corrected chi connectivity index (χ0v) is 9.13. The highest BCUT2D eigenvalue weighted by Crippen LogP contribution is 2.31. The third-order valence-corrected chi connectivity index (χ3v) is 2.87. The average molecular weight is 236 g/mol. The van der Waals surface area contributed by atoms with Gasteiger partial charge in [0, 0.05) is 19.2 Å². The maximum absolute atomic E-state index is 10.9. The second-order valence-electron chi connectivity index (χ2n) is 3.96. The van der Waals surface area contributed by atoms with E-state index in [9.17, 15) is 14.9 Å². The number of hydrogen-bond donors (Lipinski definition) is 1. The summed E-state index contributed by atoms with van der Waals surface area (Å²) in [7, 11) is 0. The van der Waals surface area contributed by atoms with Crippen molar-refractivity contribution < 1.29 is 14.8 Å². The lowest BCUT2D eigenvalue weighted by Crippen LogP contribution is -2.19. The fourth-order valence-corrected chi connectivity index (χ4v) is 2.02. The Labute approximate surface area is 97.6 Å². The summed E-state index contributed by atoms with van der Waals surface area (Å²) in [5.74, 6) is -1.07. The third-order valence-electron chi connectivity index (χ3n) is 2.87. The van der Waals surface area contributed by atoms with Crippen molar-refractivity contribution in [2.75, 3.05) is 18.0 Å². The van der Waals surface area contributed by atoms with Gasteiger partial charge in [-0.05, 0) is 25.0 Å². The molecule has 0 atom stereocenters. The Kier molecular flexibility index (Phi) is 2.95. The van der Waals surface area contributed by atoms with Gasteiger partial charge >= 0.3 is 5.97 Å². The predicted octanol–water partition coefficient (Wildman–Crippen LogP) is 1.89. The van der Waals surface area contributed by atoms with Crippen molar-refractivity contribution >= 4 is 17.3 Å². The van der Waals surface area contributed by atoms with Crippen LogP contribution in [-0.4, -0.2) is 29.1 Å². The number of benzene rings is 1. The van der Waals surface area contributed by atoms with Crippen molar-refractivity contribution in [1.29, 1.82) is 0 Å². The van der Waals surface area contributed by atoms with Gasteiger partial charge in [0.2, 0.25) is 0 Å². The molecule has 1 aliphatic rings. The van der Waals surface area contributed by atoms with E-state index in [0.717, 1.165) is 25.9 Å². The first-order valence-electron chi connectivity index (χ1n) is 5.36. The number of carboxylic acid groups (broad SMARTS) is 1. The van der Waals surface area contributed by atoms with Crippen LogP contribution in [0.25, 0.3) is 0 Å². The lowest BCUT2D eigenvalue weighted by atomic mass is 10.1. The largest absolute Gasteiger partial charge is 0.478 e. The predicted molar refractivity (Wildman–Crippen MR) is 61.5 cm³/mol. The molecule has 1 aromatic carbocycles. The normalized spacial score (nSPS) is 14.9. The number of hydrogen-bond acceptors (Lipinski definition) is 4. The standard InChI is InChI=1S/C11H12N2O4/c14-11(15)8-3-4-9(13(16)17)10(7-8)12-5-1-2-6-12/h3-4,7H,1-2,5-6H2,(H,14,15).